The number of aromatic hydroxyl groups is 1. The summed E-state index contributed by atoms with van der Waals surface area (Å²) in [6.45, 7) is 0. The highest BCUT2D eigenvalue weighted by Crippen LogP contribution is 2.37. The van der Waals surface area contributed by atoms with Gasteiger partial charge in [-0.15, -0.1) is 11.3 Å². The number of carboxylic acid groups (broad SMARTS) is 1. The van der Waals surface area contributed by atoms with E-state index in [1.165, 1.54) is 23.5 Å². The van der Waals surface area contributed by atoms with Gasteiger partial charge >= 0.3 is 5.97 Å². The minimum Gasteiger partial charge on any atom is -0.506 e. The lowest BCUT2D eigenvalue weighted by molar-refractivity contribution is 0.0699. The zero-order valence-corrected chi connectivity index (χ0v) is 9.22. The summed E-state index contributed by atoms with van der Waals surface area (Å²) in [6.07, 6.45) is 0. The van der Waals surface area contributed by atoms with Gasteiger partial charge < -0.3 is 10.2 Å². The quantitative estimate of drug-likeness (QED) is 0.839. The molecule has 2 rings (SSSR count). The summed E-state index contributed by atoms with van der Waals surface area (Å²) in [6, 6.07) is 4.50. The third-order valence-corrected chi connectivity index (χ3v) is 3.52. The molecule has 0 radical (unpaired) electrons. The maximum atomic E-state index is 10.8. The highest BCUT2D eigenvalue weighted by Gasteiger charge is 2.13. The summed E-state index contributed by atoms with van der Waals surface area (Å²) in [5.74, 6) is -0.874. The Morgan fingerprint density at radius 2 is 2.14 bits per heavy atom. The van der Waals surface area contributed by atoms with Gasteiger partial charge in [0.25, 0.3) is 0 Å². The molecule has 2 aromatic rings. The lowest BCUT2D eigenvalue weighted by Crippen LogP contribution is -1.95. The normalized spacial score (nSPS) is 10.6. The monoisotopic (exact) mass is 272 g/mol. The highest BCUT2D eigenvalue weighted by molar-refractivity contribution is 9.11. The minimum atomic E-state index is -0.986. The van der Waals surface area contributed by atoms with Gasteiger partial charge in [-0.25, -0.2) is 4.79 Å². The first-order valence-electron chi connectivity index (χ1n) is 3.74. The number of rotatable bonds is 1. The van der Waals surface area contributed by atoms with E-state index < -0.39 is 5.97 Å². The SMILES string of the molecule is O=C(O)c1ccc(O)c2sc(Br)cc12. The Labute approximate surface area is 91.7 Å². The Hall–Kier alpha value is -1.07. The van der Waals surface area contributed by atoms with Crippen LogP contribution in [0.25, 0.3) is 10.1 Å². The Bertz CT molecular complexity index is 518. The number of fused-ring (bicyclic) bond motifs is 1. The van der Waals surface area contributed by atoms with E-state index in [4.69, 9.17) is 5.11 Å². The third kappa shape index (κ3) is 1.38. The van der Waals surface area contributed by atoms with Crippen LogP contribution in [0.5, 0.6) is 5.75 Å². The summed E-state index contributed by atoms with van der Waals surface area (Å²) >= 11 is 4.57. The molecule has 1 aromatic carbocycles. The first kappa shape index (κ1) is 9.48. The van der Waals surface area contributed by atoms with E-state index in [1.54, 1.807) is 6.07 Å². The van der Waals surface area contributed by atoms with Gasteiger partial charge in [-0.1, -0.05) is 0 Å². The van der Waals surface area contributed by atoms with Crippen LogP contribution in [0.2, 0.25) is 0 Å². The Morgan fingerprint density at radius 1 is 1.43 bits per heavy atom. The number of thiophene rings is 1. The second-order valence-corrected chi connectivity index (χ2v) is 5.16. The molecule has 0 aliphatic carbocycles. The molecule has 14 heavy (non-hydrogen) atoms. The molecular weight excluding hydrogens is 268 g/mol. The summed E-state index contributed by atoms with van der Waals surface area (Å²) in [5, 5.41) is 18.9. The molecule has 1 heterocycles. The van der Waals surface area contributed by atoms with Gasteiger partial charge in [0.2, 0.25) is 0 Å². The molecule has 0 spiro atoms. The van der Waals surface area contributed by atoms with Gasteiger partial charge in [-0.2, -0.15) is 0 Å². The predicted octanol–water partition coefficient (Wildman–Crippen LogP) is 3.07. The Balaban J connectivity index is 2.87. The molecule has 0 saturated carbocycles. The number of hydrogen-bond donors (Lipinski definition) is 2. The summed E-state index contributed by atoms with van der Waals surface area (Å²) in [5.41, 5.74) is 0.208. The summed E-state index contributed by atoms with van der Waals surface area (Å²) in [4.78, 5) is 10.8. The van der Waals surface area contributed by atoms with Crippen LogP contribution in [-0.4, -0.2) is 16.2 Å². The largest absolute Gasteiger partial charge is 0.506 e. The van der Waals surface area contributed by atoms with Crippen LogP contribution in [0.1, 0.15) is 10.4 Å². The van der Waals surface area contributed by atoms with Crippen molar-refractivity contribution in [2.24, 2.45) is 0 Å². The molecule has 3 nitrogen and oxygen atoms in total. The van der Waals surface area contributed by atoms with Crippen molar-refractivity contribution in [3.05, 3.63) is 27.5 Å². The van der Waals surface area contributed by atoms with E-state index in [9.17, 15) is 9.90 Å². The molecule has 2 N–H and O–H groups in total. The van der Waals surface area contributed by atoms with Gasteiger partial charge in [0.15, 0.2) is 0 Å². The van der Waals surface area contributed by atoms with Crippen molar-refractivity contribution in [2.75, 3.05) is 0 Å². The van der Waals surface area contributed by atoms with Crippen molar-refractivity contribution >= 4 is 43.3 Å². The van der Waals surface area contributed by atoms with Gasteiger partial charge in [0, 0.05) is 5.39 Å². The van der Waals surface area contributed by atoms with Crippen molar-refractivity contribution in [1.29, 1.82) is 0 Å². The Kier molecular flexibility index (Phi) is 2.20. The topological polar surface area (TPSA) is 57.5 Å². The molecule has 72 valence electrons. The fourth-order valence-corrected chi connectivity index (χ4v) is 2.80. The van der Waals surface area contributed by atoms with Crippen LogP contribution in [0.3, 0.4) is 0 Å². The molecule has 5 heteroatoms. The number of halogens is 1. The average Bonchev–Trinajstić information content (AvgIpc) is 2.47. The van der Waals surface area contributed by atoms with Gasteiger partial charge in [0.05, 0.1) is 14.0 Å². The predicted molar refractivity (Wildman–Crippen MR) is 58.1 cm³/mol. The van der Waals surface area contributed by atoms with E-state index in [-0.39, 0.29) is 11.3 Å². The molecule has 0 atom stereocenters. The molecule has 0 bridgehead atoms. The number of benzene rings is 1. The number of hydrogen-bond acceptors (Lipinski definition) is 3. The van der Waals surface area contributed by atoms with E-state index in [1.807, 2.05) is 0 Å². The molecule has 0 amide bonds. The van der Waals surface area contributed by atoms with Crippen molar-refractivity contribution < 1.29 is 15.0 Å². The lowest BCUT2D eigenvalue weighted by Gasteiger charge is -1.98. The van der Waals surface area contributed by atoms with Crippen molar-refractivity contribution in [2.45, 2.75) is 0 Å². The average molecular weight is 273 g/mol. The van der Waals surface area contributed by atoms with Crippen LogP contribution < -0.4 is 0 Å². The van der Waals surface area contributed by atoms with Gasteiger partial charge in [-0.05, 0) is 34.1 Å². The second-order valence-electron chi connectivity index (χ2n) is 2.73. The number of phenols is 1. The molecule has 0 saturated heterocycles. The first-order chi connectivity index (χ1) is 6.59. The zero-order chi connectivity index (χ0) is 10.3. The van der Waals surface area contributed by atoms with E-state index in [0.717, 1.165) is 3.79 Å². The summed E-state index contributed by atoms with van der Waals surface area (Å²) in [7, 11) is 0. The first-order valence-corrected chi connectivity index (χ1v) is 5.35. The molecule has 0 unspecified atom stereocenters. The van der Waals surface area contributed by atoms with Crippen LogP contribution >= 0.6 is 27.3 Å². The maximum absolute atomic E-state index is 10.8. The van der Waals surface area contributed by atoms with Gasteiger partial charge in [0.1, 0.15) is 5.75 Å². The van der Waals surface area contributed by atoms with E-state index in [0.29, 0.717) is 10.1 Å². The number of carboxylic acids is 1. The summed E-state index contributed by atoms with van der Waals surface area (Å²) < 4.78 is 1.40. The lowest BCUT2D eigenvalue weighted by atomic mass is 10.1. The minimum absolute atomic E-state index is 0.112. The maximum Gasteiger partial charge on any atom is 0.336 e. The standard InChI is InChI=1S/C9H5BrO3S/c10-7-3-5-4(9(12)13)1-2-6(11)8(5)14-7/h1-3,11H,(H,12,13). The van der Waals surface area contributed by atoms with E-state index >= 15 is 0 Å². The molecule has 0 aliphatic heterocycles. The van der Waals surface area contributed by atoms with E-state index in [2.05, 4.69) is 15.9 Å². The fourth-order valence-electron chi connectivity index (χ4n) is 1.27. The third-order valence-electron chi connectivity index (χ3n) is 1.86. The van der Waals surface area contributed by atoms with Crippen LogP contribution in [-0.2, 0) is 0 Å². The van der Waals surface area contributed by atoms with Crippen LogP contribution in [0.15, 0.2) is 22.0 Å². The number of phenolic OH excluding ortho intramolecular Hbond substituents is 1. The van der Waals surface area contributed by atoms with Crippen LogP contribution in [0, 0.1) is 0 Å². The second kappa shape index (κ2) is 3.25. The smallest absolute Gasteiger partial charge is 0.336 e. The Morgan fingerprint density at radius 3 is 2.79 bits per heavy atom. The fraction of sp³-hybridized carbons (Fsp3) is 0. The highest BCUT2D eigenvalue weighted by atomic mass is 79.9. The zero-order valence-electron chi connectivity index (χ0n) is 6.82. The molecular formula is C9H5BrO3S. The van der Waals surface area contributed by atoms with Crippen LogP contribution in [0.4, 0.5) is 0 Å². The number of aromatic carboxylic acids is 1. The molecule has 0 aliphatic rings. The molecule has 0 fully saturated rings. The van der Waals surface area contributed by atoms with Crippen molar-refractivity contribution in [3.8, 4) is 5.75 Å². The van der Waals surface area contributed by atoms with Gasteiger partial charge in [-0.3, -0.25) is 0 Å². The number of carbonyl (C=O) groups is 1. The van der Waals surface area contributed by atoms with Crippen molar-refractivity contribution in [3.63, 3.8) is 0 Å². The van der Waals surface area contributed by atoms with Crippen molar-refractivity contribution in [1.82, 2.24) is 0 Å². The molecule has 1 aromatic heterocycles.